The summed E-state index contributed by atoms with van der Waals surface area (Å²) in [4.78, 5) is 12.0. The number of ether oxygens (including phenoxy) is 2. The second kappa shape index (κ2) is 10.3. The van der Waals surface area contributed by atoms with Crippen molar-refractivity contribution in [1.29, 1.82) is 0 Å². The van der Waals surface area contributed by atoms with E-state index in [1.54, 1.807) is 0 Å². The minimum Gasteiger partial charge on any atom is -0.490 e. The van der Waals surface area contributed by atoms with Crippen molar-refractivity contribution in [3.8, 4) is 11.5 Å². The Labute approximate surface area is 172 Å². The lowest BCUT2D eigenvalue weighted by Crippen LogP contribution is -2.43. The molecule has 0 saturated carbocycles. The highest BCUT2D eigenvalue weighted by molar-refractivity contribution is 6.31. The van der Waals surface area contributed by atoms with Crippen molar-refractivity contribution in [1.82, 2.24) is 10.6 Å². The second-order valence-electron chi connectivity index (χ2n) is 7.50. The normalized spacial score (nSPS) is 11.2. The summed E-state index contributed by atoms with van der Waals surface area (Å²) in [6, 6.07) is 13.5. The zero-order valence-electron chi connectivity index (χ0n) is 17.0. The van der Waals surface area contributed by atoms with Crippen LogP contribution < -0.4 is 20.1 Å². The predicted octanol–water partition coefficient (Wildman–Crippen LogP) is 4.32. The summed E-state index contributed by atoms with van der Waals surface area (Å²) in [5.41, 5.74) is 1.82. The van der Waals surface area contributed by atoms with Crippen LogP contribution in [0.5, 0.6) is 11.5 Å². The molecule has 2 aromatic carbocycles. The van der Waals surface area contributed by atoms with Gasteiger partial charge in [0.25, 0.3) is 5.91 Å². The van der Waals surface area contributed by atoms with Gasteiger partial charge in [0.2, 0.25) is 0 Å². The van der Waals surface area contributed by atoms with Crippen molar-refractivity contribution in [3.05, 3.63) is 58.6 Å². The van der Waals surface area contributed by atoms with E-state index in [1.165, 1.54) is 0 Å². The van der Waals surface area contributed by atoms with Crippen LogP contribution in [0.4, 0.5) is 0 Å². The van der Waals surface area contributed by atoms with Crippen molar-refractivity contribution in [2.75, 3.05) is 13.2 Å². The first-order chi connectivity index (χ1) is 13.3. The number of nitrogens with one attached hydrogen (secondary N) is 2. The lowest BCUT2D eigenvalue weighted by molar-refractivity contribution is -0.124. The van der Waals surface area contributed by atoms with Gasteiger partial charge in [-0.2, -0.15) is 0 Å². The van der Waals surface area contributed by atoms with Gasteiger partial charge < -0.3 is 20.1 Å². The molecular formula is C22H29ClN2O3. The molecule has 0 unspecified atom stereocenters. The maximum Gasteiger partial charge on any atom is 0.258 e. The third-order valence-corrected chi connectivity index (χ3v) is 4.15. The molecule has 0 fully saturated rings. The number of benzene rings is 2. The first-order valence-electron chi connectivity index (χ1n) is 9.42. The smallest absolute Gasteiger partial charge is 0.258 e. The van der Waals surface area contributed by atoms with Crippen LogP contribution >= 0.6 is 11.6 Å². The number of amides is 1. The van der Waals surface area contributed by atoms with Crippen LogP contribution in [0.1, 0.15) is 38.8 Å². The van der Waals surface area contributed by atoms with Crippen LogP contribution in [0.3, 0.4) is 0 Å². The first-order valence-corrected chi connectivity index (χ1v) is 9.80. The molecule has 2 rings (SSSR count). The summed E-state index contributed by atoms with van der Waals surface area (Å²) < 4.78 is 11.4. The lowest BCUT2D eigenvalue weighted by Gasteiger charge is -2.21. The highest BCUT2D eigenvalue weighted by Crippen LogP contribution is 2.28. The van der Waals surface area contributed by atoms with E-state index in [0.717, 1.165) is 16.1 Å². The van der Waals surface area contributed by atoms with Crippen molar-refractivity contribution < 1.29 is 14.3 Å². The van der Waals surface area contributed by atoms with Gasteiger partial charge in [-0.15, -0.1) is 0 Å². The molecule has 2 N–H and O–H groups in total. The van der Waals surface area contributed by atoms with Gasteiger partial charge in [-0.3, -0.25) is 4.79 Å². The average Bonchev–Trinajstić information content (AvgIpc) is 2.61. The average molecular weight is 405 g/mol. The molecule has 0 aliphatic heterocycles. The second-order valence-corrected chi connectivity index (χ2v) is 7.90. The van der Waals surface area contributed by atoms with E-state index in [-0.39, 0.29) is 18.1 Å². The number of hydrogen-bond donors (Lipinski definition) is 2. The van der Waals surface area contributed by atoms with Crippen molar-refractivity contribution >= 4 is 17.5 Å². The summed E-state index contributed by atoms with van der Waals surface area (Å²) >= 11 is 6.18. The van der Waals surface area contributed by atoms with Gasteiger partial charge in [-0.25, -0.2) is 0 Å². The molecule has 152 valence electrons. The molecule has 0 saturated heterocycles. The minimum atomic E-state index is -0.291. The molecule has 0 bridgehead atoms. The van der Waals surface area contributed by atoms with E-state index in [9.17, 15) is 4.79 Å². The van der Waals surface area contributed by atoms with Gasteiger partial charge >= 0.3 is 0 Å². The topological polar surface area (TPSA) is 59.6 Å². The van der Waals surface area contributed by atoms with E-state index >= 15 is 0 Å². The Morgan fingerprint density at radius 3 is 2.46 bits per heavy atom. The highest BCUT2D eigenvalue weighted by atomic mass is 35.5. The van der Waals surface area contributed by atoms with Gasteiger partial charge in [0.15, 0.2) is 18.1 Å². The Hall–Kier alpha value is -2.24. The van der Waals surface area contributed by atoms with E-state index in [2.05, 4.69) is 10.6 Å². The Kier molecular flexibility index (Phi) is 8.15. The Morgan fingerprint density at radius 1 is 1.04 bits per heavy atom. The van der Waals surface area contributed by atoms with E-state index in [1.807, 2.05) is 70.2 Å². The lowest BCUT2D eigenvalue weighted by atomic mass is 10.1. The van der Waals surface area contributed by atoms with Crippen LogP contribution in [-0.4, -0.2) is 24.7 Å². The van der Waals surface area contributed by atoms with Gasteiger partial charge in [0.1, 0.15) is 0 Å². The summed E-state index contributed by atoms with van der Waals surface area (Å²) in [5.74, 6) is 1.02. The Morgan fingerprint density at radius 2 is 1.79 bits per heavy atom. The molecular weight excluding hydrogens is 376 g/mol. The standard InChI is InChI=1S/C22H29ClN2O3/c1-5-27-20-12-16(13-24-14-17-8-6-7-9-18(17)23)10-11-19(20)28-15-21(26)25-22(2,3)4/h6-12,24H,5,13-15H2,1-4H3,(H,25,26). The maximum atomic E-state index is 12.0. The van der Waals surface area contributed by atoms with Crippen LogP contribution in [0, 0.1) is 0 Å². The van der Waals surface area contributed by atoms with Gasteiger partial charge in [-0.05, 0) is 57.0 Å². The van der Waals surface area contributed by atoms with Crippen molar-refractivity contribution in [2.24, 2.45) is 0 Å². The summed E-state index contributed by atoms with van der Waals surface area (Å²) in [5, 5.41) is 7.01. The third kappa shape index (κ3) is 7.41. The fourth-order valence-corrected chi connectivity index (χ4v) is 2.83. The number of hydrogen-bond acceptors (Lipinski definition) is 4. The quantitative estimate of drug-likeness (QED) is 0.653. The van der Waals surface area contributed by atoms with Crippen molar-refractivity contribution in [3.63, 3.8) is 0 Å². The first kappa shape index (κ1) is 22.1. The van der Waals surface area contributed by atoms with Gasteiger partial charge in [0, 0.05) is 23.7 Å². The highest BCUT2D eigenvalue weighted by Gasteiger charge is 2.15. The maximum absolute atomic E-state index is 12.0. The fraction of sp³-hybridized carbons (Fsp3) is 0.409. The zero-order chi connectivity index (χ0) is 20.6. The Balaban J connectivity index is 1.95. The SMILES string of the molecule is CCOc1cc(CNCc2ccccc2Cl)ccc1OCC(=O)NC(C)(C)C. The molecule has 0 aromatic heterocycles. The van der Waals surface area contributed by atoms with Crippen LogP contribution in [0.15, 0.2) is 42.5 Å². The molecule has 0 spiro atoms. The molecule has 0 heterocycles. The third-order valence-electron chi connectivity index (χ3n) is 3.78. The van der Waals surface area contributed by atoms with Crippen molar-refractivity contribution in [2.45, 2.75) is 46.3 Å². The molecule has 5 nitrogen and oxygen atoms in total. The van der Waals surface area contributed by atoms with Gasteiger partial charge in [-0.1, -0.05) is 35.9 Å². The van der Waals surface area contributed by atoms with Crippen LogP contribution in [0.25, 0.3) is 0 Å². The summed E-state index contributed by atoms with van der Waals surface area (Å²) in [6.07, 6.45) is 0. The molecule has 1 amide bonds. The minimum absolute atomic E-state index is 0.0541. The molecule has 0 aliphatic carbocycles. The largest absolute Gasteiger partial charge is 0.490 e. The number of halogens is 1. The monoisotopic (exact) mass is 404 g/mol. The van der Waals surface area contributed by atoms with E-state index < -0.39 is 0 Å². The molecule has 0 atom stereocenters. The van der Waals surface area contributed by atoms with Crippen LogP contribution in [0.2, 0.25) is 5.02 Å². The van der Waals surface area contributed by atoms with Gasteiger partial charge in [0.05, 0.1) is 6.61 Å². The van der Waals surface area contributed by atoms with Crippen LogP contribution in [-0.2, 0) is 17.9 Å². The van der Waals surface area contributed by atoms with E-state index in [0.29, 0.717) is 31.2 Å². The molecule has 2 aromatic rings. The fourth-order valence-electron chi connectivity index (χ4n) is 2.63. The molecule has 0 aliphatic rings. The number of carbonyl (C=O) groups excluding carboxylic acids is 1. The predicted molar refractivity (Wildman–Crippen MR) is 113 cm³/mol. The summed E-state index contributed by atoms with van der Waals surface area (Å²) in [6.45, 7) is 9.51. The molecule has 0 radical (unpaired) electrons. The summed E-state index contributed by atoms with van der Waals surface area (Å²) in [7, 11) is 0. The molecule has 6 heteroatoms. The molecule has 28 heavy (non-hydrogen) atoms. The van der Waals surface area contributed by atoms with E-state index in [4.69, 9.17) is 21.1 Å². The number of carbonyl (C=O) groups is 1. The number of rotatable bonds is 9. The Bertz CT molecular complexity index is 788. The zero-order valence-corrected chi connectivity index (χ0v) is 17.7.